The van der Waals surface area contributed by atoms with E-state index in [1.165, 1.54) is 4.68 Å². The maximum Gasteiger partial charge on any atom is 0.270 e. The van der Waals surface area contributed by atoms with Crippen LogP contribution in [0.1, 0.15) is 48.8 Å². The topological polar surface area (TPSA) is 76.9 Å². The van der Waals surface area contributed by atoms with Crippen LogP contribution in [0, 0.1) is 5.92 Å². The molecule has 6 heteroatoms. The lowest BCUT2D eigenvalue weighted by atomic mass is 10.0. The molecule has 0 bridgehead atoms. The molecule has 1 aliphatic carbocycles. The first-order chi connectivity index (χ1) is 13.5. The molecule has 144 valence electrons. The van der Waals surface area contributed by atoms with Crippen molar-refractivity contribution in [3.05, 3.63) is 70.4 Å². The third-order valence-electron chi connectivity index (χ3n) is 5.26. The predicted molar refractivity (Wildman–Crippen MR) is 108 cm³/mol. The molecule has 0 saturated heterocycles. The van der Waals surface area contributed by atoms with Gasteiger partial charge in [-0.25, -0.2) is 4.68 Å². The molecule has 3 aromatic rings. The van der Waals surface area contributed by atoms with Gasteiger partial charge in [-0.15, -0.1) is 0 Å². The number of rotatable bonds is 6. The number of nitrogens with zero attached hydrogens (tertiary/aromatic N) is 3. The molecule has 4 rings (SSSR count). The molecule has 2 heterocycles. The van der Waals surface area contributed by atoms with Gasteiger partial charge in [0.05, 0.1) is 18.3 Å². The average molecular weight is 376 g/mol. The van der Waals surface area contributed by atoms with Crippen LogP contribution in [-0.4, -0.2) is 26.7 Å². The van der Waals surface area contributed by atoms with Crippen molar-refractivity contribution in [2.45, 2.75) is 45.2 Å². The monoisotopic (exact) mass is 376 g/mol. The Bertz CT molecular complexity index is 1060. The lowest BCUT2D eigenvalue weighted by molar-refractivity contribution is 0.0915. The smallest absolute Gasteiger partial charge is 0.270 e. The standard InChI is InChI=1S/C22H24N4O2/c1-14(2)19(13-26-20(27)10-9-18(25-26)16-7-8-16)24-22(28)21-17-6-4-3-5-15(17)11-12-23-21/h3-6,9-12,14,16,19H,7-8,13H2,1-2H3,(H,24,28)/t19-/m0/s1. The van der Waals surface area contributed by atoms with Crippen LogP contribution in [0.25, 0.3) is 10.8 Å². The van der Waals surface area contributed by atoms with Gasteiger partial charge in [-0.05, 0) is 36.3 Å². The van der Waals surface area contributed by atoms with Crippen LogP contribution in [0.3, 0.4) is 0 Å². The number of carbonyl (C=O) groups excluding carboxylic acids is 1. The van der Waals surface area contributed by atoms with Crippen molar-refractivity contribution in [3.63, 3.8) is 0 Å². The number of pyridine rings is 1. The van der Waals surface area contributed by atoms with Crippen molar-refractivity contribution in [2.24, 2.45) is 5.92 Å². The molecule has 6 nitrogen and oxygen atoms in total. The zero-order chi connectivity index (χ0) is 19.7. The molecular formula is C22H24N4O2. The Labute approximate surface area is 163 Å². The van der Waals surface area contributed by atoms with E-state index >= 15 is 0 Å². The molecule has 0 aliphatic heterocycles. The fourth-order valence-electron chi connectivity index (χ4n) is 3.34. The van der Waals surface area contributed by atoms with Gasteiger partial charge >= 0.3 is 0 Å². The molecule has 1 N–H and O–H groups in total. The van der Waals surface area contributed by atoms with Crippen LogP contribution in [-0.2, 0) is 6.54 Å². The van der Waals surface area contributed by atoms with E-state index in [2.05, 4.69) is 15.4 Å². The Balaban J connectivity index is 1.58. The summed E-state index contributed by atoms with van der Waals surface area (Å²) in [6.45, 7) is 4.39. The SMILES string of the molecule is CC(C)[C@H](Cn1nc(C2CC2)ccc1=O)NC(=O)c1nccc2ccccc12. The minimum atomic E-state index is -0.234. The summed E-state index contributed by atoms with van der Waals surface area (Å²) >= 11 is 0. The van der Waals surface area contributed by atoms with Crippen LogP contribution < -0.4 is 10.9 Å². The van der Waals surface area contributed by atoms with Gasteiger partial charge in [0, 0.05) is 23.6 Å². The van der Waals surface area contributed by atoms with Gasteiger partial charge in [0.1, 0.15) is 5.69 Å². The number of nitrogens with one attached hydrogen (secondary N) is 1. The zero-order valence-electron chi connectivity index (χ0n) is 16.1. The molecular weight excluding hydrogens is 352 g/mol. The Morgan fingerprint density at radius 2 is 1.96 bits per heavy atom. The van der Waals surface area contributed by atoms with E-state index in [0.717, 1.165) is 29.3 Å². The van der Waals surface area contributed by atoms with Gasteiger partial charge in [0.2, 0.25) is 0 Å². The first kappa shape index (κ1) is 18.3. The van der Waals surface area contributed by atoms with E-state index in [1.807, 2.05) is 50.2 Å². The van der Waals surface area contributed by atoms with Gasteiger partial charge in [-0.1, -0.05) is 38.1 Å². The van der Waals surface area contributed by atoms with E-state index in [1.54, 1.807) is 12.3 Å². The van der Waals surface area contributed by atoms with Gasteiger partial charge in [-0.3, -0.25) is 14.6 Å². The quantitative estimate of drug-likeness (QED) is 0.717. The maximum atomic E-state index is 13.0. The van der Waals surface area contributed by atoms with Crippen molar-refractivity contribution in [3.8, 4) is 0 Å². The highest BCUT2D eigenvalue weighted by atomic mass is 16.2. The van der Waals surface area contributed by atoms with Crippen LogP contribution in [0.2, 0.25) is 0 Å². The number of aromatic nitrogens is 3. The normalized spacial score (nSPS) is 15.0. The average Bonchev–Trinajstić information content (AvgIpc) is 3.53. The summed E-state index contributed by atoms with van der Waals surface area (Å²) < 4.78 is 1.48. The van der Waals surface area contributed by atoms with E-state index in [4.69, 9.17) is 0 Å². The fraction of sp³-hybridized carbons (Fsp3) is 0.364. The second-order valence-corrected chi connectivity index (χ2v) is 7.76. The van der Waals surface area contributed by atoms with Gasteiger partial charge in [0.15, 0.2) is 0 Å². The Morgan fingerprint density at radius 1 is 1.18 bits per heavy atom. The molecule has 0 unspecified atom stereocenters. The number of fused-ring (bicyclic) bond motifs is 1. The van der Waals surface area contributed by atoms with E-state index in [-0.39, 0.29) is 23.4 Å². The Hall–Kier alpha value is -3.02. The molecule has 2 aromatic heterocycles. The number of hydrogen-bond donors (Lipinski definition) is 1. The van der Waals surface area contributed by atoms with Crippen LogP contribution in [0.15, 0.2) is 53.5 Å². The van der Waals surface area contributed by atoms with Crippen molar-refractivity contribution in [1.29, 1.82) is 0 Å². The lowest BCUT2D eigenvalue weighted by Gasteiger charge is -2.23. The fourth-order valence-corrected chi connectivity index (χ4v) is 3.34. The first-order valence-corrected chi connectivity index (χ1v) is 9.75. The Kier molecular flexibility index (Phi) is 4.94. The molecule has 1 saturated carbocycles. The molecule has 28 heavy (non-hydrogen) atoms. The summed E-state index contributed by atoms with van der Waals surface area (Å²) in [5, 5.41) is 9.37. The highest BCUT2D eigenvalue weighted by Gasteiger charge is 2.26. The van der Waals surface area contributed by atoms with E-state index in [0.29, 0.717) is 18.2 Å². The van der Waals surface area contributed by atoms with Gasteiger partial charge in [-0.2, -0.15) is 5.10 Å². The largest absolute Gasteiger partial charge is 0.346 e. The third kappa shape index (κ3) is 3.81. The van der Waals surface area contributed by atoms with Crippen molar-refractivity contribution < 1.29 is 4.79 Å². The van der Waals surface area contributed by atoms with E-state index < -0.39 is 0 Å². The van der Waals surface area contributed by atoms with Crippen LogP contribution in [0.5, 0.6) is 0 Å². The Morgan fingerprint density at radius 3 is 2.71 bits per heavy atom. The molecule has 1 atom stereocenters. The summed E-state index contributed by atoms with van der Waals surface area (Å²) in [5.41, 5.74) is 1.22. The number of carbonyl (C=O) groups is 1. The number of hydrogen-bond acceptors (Lipinski definition) is 4. The van der Waals surface area contributed by atoms with Crippen molar-refractivity contribution in [1.82, 2.24) is 20.1 Å². The predicted octanol–water partition coefficient (Wildman–Crippen LogP) is 3.12. The maximum absolute atomic E-state index is 13.0. The van der Waals surface area contributed by atoms with E-state index in [9.17, 15) is 9.59 Å². The van der Waals surface area contributed by atoms with Crippen molar-refractivity contribution >= 4 is 16.7 Å². The van der Waals surface area contributed by atoms with Crippen LogP contribution >= 0.6 is 0 Å². The summed E-state index contributed by atoms with van der Waals surface area (Å²) in [6, 6.07) is 12.7. The molecule has 1 aromatic carbocycles. The number of amides is 1. The minimum Gasteiger partial charge on any atom is -0.346 e. The van der Waals surface area contributed by atoms with Crippen molar-refractivity contribution in [2.75, 3.05) is 0 Å². The molecule has 0 radical (unpaired) electrons. The first-order valence-electron chi connectivity index (χ1n) is 9.75. The number of benzene rings is 1. The summed E-state index contributed by atoms with van der Waals surface area (Å²) in [4.78, 5) is 29.5. The highest BCUT2D eigenvalue weighted by Crippen LogP contribution is 2.38. The molecule has 1 fully saturated rings. The molecule has 1 amide bonds. The van der Waals surface area contributed by atoms with Gasteiger partial charge < -0.3 is 5.32 Å². The van der Waals surface area contributed by atoms with Crippen LogP contribution in [0.4, 0.5) is 0 Å². The van der Waals surface area contributed by atoms with Gasteiger partial charge in [0.25, 0.3) is 11.5 Å². The highest BCUT2D eigenvalue weighted by molar-refractivity contribution is 6.05. The second kappa shape index (κ2) is 7.54. The lowest BCUT2D eigenvalue weighted by Crippen LogP contribution is -2.44. The summed E-state index contributed by atoms with van der Waals surface area (Å²) in [7, 11) is 0. The zero-order valence-corrected chi connectivity index (χ0v) is 16.1. The third-order valence-corrected chi connectivity index (χ3v) is 5.26. The minimum absolute atomic E-state index is 0.136. The summed E-state index contributed by atoms with van der Waals surface area (Å²) in [6.07, 6.45) is 3.90. The molecule has 1 aliphatic rings. The molecule has 0 spiro atoms. The summed E-state index contributed by atoms with van der Waals surface area (Å²) in [5.74, 6) is 0.373. The second-order valence-electron chi connectivity index (χ2n) is 7.76.